The average molecular weight is 281 g/mol. The first-order chi connectivity index (χ1) is 9.08. The van der Waals surface area contributed by atoms with E-state index in [9.17, 15) is 13.6 Å². The van der Waals surface area contributed by atoms with Crippen LogP contribution >= 0.6 is 0 Å². The van der Waals surface area contributed by atoms with Crippen LogP contribution < -0.4 is 15.0 Å². The lowest BCUT2D eigenvalue weighted by molar-refractivity contribution is 0.246. The van der Waals surface area contributed by atoms with Gasteiger partial charge >= 0.3 is 6.03 Å². The number of hydrazone groups is 1. The molecule has 0 aliphatic carbocycles. The molecule has 1 aliphatic rings. The van der Waals surface area contributed by atoms with Crippen molar-refractivity contribution < 1.29 is 13.6 Å². The van der Waals surface area contributed by atoms with E-state index in [-0.39, 0.29) is 12.6 Å². The molecule has 1 aromatic rings. The van der Waals surface area contributed by atoms with Crippen LogP contribution in [-0.2, 0) is 17.8 Å². The molecule has 0 bridgehead atoms. The molecule has 1 aliphatic heterocycles. The number of amides is 2. The van der Waals surface area contributed by atoms with Gasteiger partial charge in [-0.1, -0.05) is 18.2 Å². The third kappa shape index (κ3) is 3.37. The van der Waals surface area contributed by atoms with Crippen LogP contribution in [0.25, 0.3) is 0 Å². The fourth-order valence-corrected chi connectivity index (χ4v) is 2.07. The molecule has 2 amide bonds. The zero-order valence-corrected chi connectivity index (χ0v) is 11.1. The van der Waals surface area contributed by atoms with Crippen molar-refractivity contribution in [2.75, 3.05) is 11.4 Å². The molecular weight excluding hydrogens is 268 g/mol. The number of anilines is 1. The highest BCUT2D eigenvalue weighted by atomic mass is 32.2. The predicted molar refractivity (Wildman–Crippen MR) is 71.2 cm³/mol. The standard InChI is InChI=1S/C11H14N4O3S/c1-8-7-15(11(16)14-13-8)10-5-3-2-4-9(10)6-12-19(17)18/h2-5,12H,6-7H2,1H3,(H,14,16)(H,17,18)/p-1. The Kier molecular flexibility index (Phi) is 4.25. The van der Waals surface area contributed by atoms with Gasteiger partial charge in [-0.15, -0.1) is 0 Å². The number of urea groups is 1. The van der Waals surface area contributed by atoms with Crippen molar-refractivity contribution in [2.45, 2.75) is 13.5 Å². The summed E-state index contributed by atoms with van der Waals surface area (Å²) in [7, 11) is 0. The zero-order valence-electron chi connectivity index (χ0n) is 10.3. The smallest absolute Gasteiger partial charge is 0.342 e. The van der Waals surface area contributed by atoms with E-state index in [2.05, 4.69) is 15.2 Å². The van der Waals surface area contributed by atoms with Gasteiger partial charge < -0.3 is 4.55 Å². The van der Waals surface area contributed by atoms with E-state index in [4.69, 9.17) is 0 Å². The molecule has 0 saturated heterocycles. The second-order valence-electron chi connectivity index (χ2n) is 4.03. The molecule has 1 atom stereocenters. The van der Waals surface area contributed by atoms with Crippen LogP contribution in [0.1, 0.15) is 12.5 Å². The first-order valence-electron chi connectivity index (χ1n) is 5.59. The highest BCUT2D eigenvalue weighted by Crippen LogP contribution is 2.21. The SMILES string of the molecule is CC1=NNC(=O)N(c2ccccc2CNS(=O)[O-])C1. The number of rotatable bonds is 4. The summed E-state index contributed by atoms with van der Waals surface area (Å²) in [4.78, 5) is 13.3. The molecule has 8 heteroatoms. The van der Waals surface area contributed by atoms with Crippen LogP contribution in [0, 0.1) is 0 Å². The van der Waals surface area contributed by atoms with E-state index in [1.165, 1.54) is 4.90 Å². The minimum Gasteiger partial charge on any atom is -0.760 e. The van der Waals surface area contributed by atoms with Crippen LogP contribution in [0.4, 0.5) is 10.5 Å². The molecule has 1 heterocycles. The zero-order chi connectivity index (χ0) is 13.8. The Bertz CT molecular complexity index is 546. The molecule has 0 fully saturated rings. The molecule has 1 unspecified atom stereocenters. The van der Waals surface area contributed by atoms with E-state index in [1.807, 2.05) is 0 Å². The lowest BCUT2D eigenvalue weighted by Gasteiger charge is -2.27. The van der Waals surface area contributed by atoms with Gasteiger partial charge in [-0.25, -0.2) is 14.9 Å². The number of hydrogen-bond acceptors (Lipinski definition) is 4. The molecule has 2 rings (SSSR count). The molecule has 19 heavy (non-hydrogen) atoms. The third-order valence-electron chi connectivity index (χ3n) is 2.64. The topological polar surface area (TPSA) is 96.9 Å². The lowest BCUT2D eigenvalue weighted by atomic mass is 10.1. The minimum absolute atomic E-state index is 0.131. The van der Waals surface area contributed by atoms with E-state index < -0.39 is 11.3 Å². The largest absolute Gasteiger partial charge is 0.760 e. The summed E-state index contributed by atoms with van der Waals surface area (Å²) >= 11 is -2.34. The van der Waals surface area contributed by atoms with E-state index in [1.54, 1.807) is 31.2 Å². The molecule has 7 nitrogen and oxygen atoms in total. The number of carbonyl (C=O) groups excluding carboxylic acids is 1. The highest BCUT2D eigenvalue weighted by Gasteiger charge is 2.22. The molecule has 2 N–H and O–H groups in total. The van der Waals surface area contributed by atoms with Crippen LogP contribution in [0.2, 0.25) is 0 Å². The number of hydrogen-bond donors (Lipinski definition) is 2. The van der Waals surface area contributed by atoms with Gasteiger partial charge in [0.15, 0.2) is 0 Å². The number of nitrogens with zero attached hydrogens (tertiary/aromatic N) is 2. The molecule has 0 saturated carbocycles. The summed E-state index contributed by atoms with van der Waals surface area (Å²) < 4.78 is 23.4. The number of benzene rings is 1. The molecule has 0 radical (unpaired) electrons. The quantitative estimate of drug-likeness (QED) is 0.785. The van der Waals surface area contributed by atoms with Gasteiger partial charge in [-0.3, -0.25) is 9.11 Å². The van der Waals surface area contributed by atoms with Crippen molar-refractivity contribution in [1.82, 2.24) is 10.1 Å². The molecule has 0 aromatic heterocycles. The summed E-state index contributed by atoms with van der Waals surface area (Å²) in [6, 6.07) is 6.78. The van der Waals surface area contributed by atoms with E-state index >= 15 is 0 Å². The van der Waals surface area contributed by atoms with Gasteiger partial charge in [0.25, 0.3) is 0 Å². The first kappa shape index (κ1) is 13.7. The van der Waals surface area contributed by atoms with Crippen molar-refractivity contribution in [2.24, 2.45) is 5.10 Å². The number of nitrogens with one attached hydrogen (secondary N) is 2. The normalized spacial score (nSPS) is 16.8. The Morgan fingerprint density at radius 2 is 2.26 bits per heavy atom. The van der Waals surface area contributed by atoms with Crippen molar-refractivity contribution in [3.05, 3.63) is 29.8 Å². The third-order valence-corrected chi connectivity index (χ3v) is 3.02. The molecule has 102 valence electrons. The summed E-state index contributed by atoms with van der Waals surface area (Å²) in [5.41, 5.74) is 4.56. The van der Waals surface area contributed by atoms with Gasteiger partial charge in [0.2, 0.25) is 0 Å². The van der Waals surface area contributed by atoms with Crippen molar-refractivity contribution in [3.63, 3.8) is 0 Å². The minimum atomic E-state index is -2.34. The van der Waals surface area contributed by atoms with Crippen LogP contribution in [0.15, 0.2) is 29.4 Å². The van der Waals surface area contributed by atoms with Crippen molar-refractivity contribution in [3.8, 4) is 0 Å². The summed E-state index contributed by atoms with van der Waals surface area (Å²) in [5.74, 6) is 0. The maximum atomic E-state index is 11.8. The van der Waals surface area contributed by atoms with Crippen molar-refractivity contribution >= 4 is 28.7 Å². The fourth-order valence-electron chi connectivity index (χ4n) is 1.79. The fraction of sp³-hybridized carbons (Fsp3) is 0.273. The number of carbonyl (C=O) groups is 1. The summed E-state index contributed by atoms with van der Waals surface area (Å²) in [5, 5.41) is 3.85. The van der Waals surface area contributed by atoms with Gasteiger partial charge in [0, 0.05) is 17.8 Å². The Morgan fingerprint density at radius 3 is 3.00 bits per heavy atom. The van der Waals surface area contributed by atoms with Gasteiger partial charge in [0.1, 0.15) is 0 Å². The lowest BCUT2D eigenvalue weighted by Crippen LogP contribution is -2.45. The molecule has 1 aromatic carbocycles. The monoisotopic (exact) mass is 281 g/mol. The van der Waals surface area contributed by atoms with Gasteiger partial charge in [-0.05, 0) is 18.6 Å². The second kappa shape index (κ2) is 5.91. The van der Waals surface area contributed by atoms with E-state index in [0.717, 1.165) is 11.3 Å². The Morgan fingerprint density at radius 1 is 1.53 bits per heavy atom. The van der Waals surface area contributed by atoms with E-state index in [0.29, 0.717) is 12.2 Å². The Balaban J connectivity index is 2.26. The van der Waals surface area contributed by atoms with Gasteiger partial charge in [-0.2, -0.15) is 5.10 Å². The van der Waals surface area contributed by atoms with Crippen LogP contribution in [0.5, 0.6) is 0 Å². The Hall–Kier alpha value is -1.77. The first-order valence-corrected chi connectivity index (χ1v) is 6.67. The van der Waals surface area contributed by atoms with Crippen LogP contribution in [-0.4, -0.2) is 27.0 Å². The summed E-state index contributed by atoms with van der Waals surface area (Å²) in [6.07, 6.45) is 0. The number of para-hydroxylation sites is 1. The molecular formula is C11H13N4O3S-. The van der Waals surface area contributed by atoms with Crippen molar-refractivity contribution in [1.29, 1.82) is 0 Å². The second-order valence-corrected chi connectivity index (χ2v) is 4.79. The average Bonchev–Trinajstić information content (AvgIpc) is 2.39. The maximum Gasteiger partial charge on any atom is 0.342 e. The summed E-state index contributed by atoms with van der Waals surface area (Å²) in [6.45, 7) is 2.32. The highest BCUT2D eigenvalue weighted by molar-refractivity contribution is 7.77. The molecule has 0 spiro atoms. The maximum absolute atomic E-state index is 11.8. The van der Waals surface area contributed by atoms with Gasteiger partial charge in [0.05, 0.1) is 17.9 Å². The Labute approximate surface area is 113 Å². The predicted octanol–water partition coefficient (Wildman–Crippen LogP) is 0.476. The van der Waals surface area contributed by atoms with Crippen LogP contribution in [0.3, 0.4) is 0 Å².